The van der Waals surface area contributed by atoms with Crippen LogP contribution in [0.25, 0.3) is 33.1 Å². The number of pyridine rings is 1. The zero-order chi connectivity index (χ0) is 23.7. The van der Waals surface area contributed by atoms with Gasteiger partial charge in [0, 0.05) is 21.9 Å². The first-order valence-electron chi connectivity index (χ1n) is 10.4. The van der Waals surface area contributed by atoms with Gasteiger partial charge in [-0.05, 0) is 30.7 Å². The second-order valence-corrected chi connectivity index (χ2v) is 8.88. The minimum atomic E-state index is -0.883. The smallest absolute Gasteiger partial charge is 0.359 e. The Morgan fingerprint density at radius 2 is 1.88 bits per heavy atom. The summed E-state index contributed by atoms with van der Waals surface area (Å²) in [5.74, 6) is -1.21. The summed E-state index contributed by atoms with van der Waals surface area (Å²) in [7, 11) is 1.77. The number of aliphatic carboxylic acids is 1. The van der Waals surface area contributed by atoms with Crippen LogP contribution in [0.3, 0.4) is 0 Å². The third-order valence-electron chi connectivity index (χ3n) is 5.55. The van der Waals surface area contributed by atoms with E-state index in [9.17, 15) is 9.59 Å². The lowest BCUT2D eigenvalue weighted by Gasteiger charge is -2.12. The highest BCUT2D eigenvalue weighted by atomic mass is 35.5. The van der Waals surface area contributed by atoms with E-state index in [0.717, 1.165) is 37.8 Å². The van der Waals surface area contributed by atoms with Crippen LogP contribution in [-0.2, 0) is 4.79 Å². The van der Waals surface area contributed by atoms with Gasteiger partial charge in [-0.1, -0.05) is 47.5 Å². The van der Waals surface area contributed by atoms with Crippen LogP contribution < -0.4 is 10.2 Å². The summed E-state index contributed by atoms with van der Waals surface area (Å²) >= 11 is 12.4. The lowest BCUT2D eigenvalue weighted by molar-refractivity contribution is -0.870. The van der Waals surface area contributed by atoms with Gasteiger partial charge in [0.15, 0.2) is 6.54 Å². The molecule has 0 bridgehead atoms. The summed E-state index contributed by atoms with van der Waals surface area (Å²) in [6, 6.07) is 13.0. The highest BCUT2D eigenvalue weighted by molar-refractivity contribution is 6.42. The Kier molecular flexibility index (Phi) is 6.56. The Bertz CT molecular complexity index is 1380. The molecule has 9 heteroatoms. The topological polar surface area (TPSA) is 99.5 Å². The highest BCUT2D eigenvalue weighted by Crippen LogP contribution is 2.35. The Hall–Kier alpha value is -3.13. The van der Waals surface area contributed by atoms with E-state index in [4.69, 9.17) is 28.3 Å². The average Bonchev–Trinajstić information content (AvgIpc) is 3.14. The number of hydrogen-bond acceptors (Lipinski definition) is 3. The summed E-state index contributed by atoms with van der Waals surface area (Å²) in [6.07, 6.45) is 0. The molecule has 170 valence electrons. The molecule has 0 aliphatic heterocycles. The van der Waals surface area contributed by atoms with Gasteiger partial charge in [-0.25, -0.2) is 9.78 Å². The third kappa shape index (κ3) is 4.80. The minimum absolute atomic E-state index is 0.0176. The number of rotatable bonds is 7. The fraction of sp³-hybridized carbons (Fsp3) is 0.208. The Morgan fingerprint density at radius 1 is 1.09 bits per heavy atom. The molecule has 4 aromatic rings. The van der Waals surface area contributed by atoms with Gasteiger partial charge >= 0.3 is 5.97 Å². The van der Waals surface area contributed by atoms with E-state index < -0.39 is 5.97 Å². The minimum Gasteiger partial charge on any atom is -0.477 e. The molecule has 7 nitrogen and oxygen atoms in total. The predicted molar refractivity (Wildman–Crippen MR) is 130 cm³/mol. The third-order valence-corrected chi connectivity index (χ3v) is 6.29. The number of hydrogen-bond donors (Lipinski definition) is 4. The fourth-order valence-electron chi connectivity index (χ4n) is 3.86. The number of nitrogens with one attached hydrogen (secondary N) is 3. The summed E-state index contributed by atoms with van der Waals surface area (Å²) in [5, 5.41) is 14.4. The summed E-state index contributed by atoms with van der Waals surface area (Å²) in [5.41, 5.74) is 4.47. The van der Waals surface area contributed by atoms with Crippen molar-refractivity contribution in [2.75, 3.05) is 26.7 Å². The van der Waals surface area contributed by atoms with E-state index in [0.29, 0.717) is 28.8 Å². The number of carbonyl (C=O) groups is 2. The molecule has 2 aromatic heterocycles. The van der Waals surface area contributed by atoms with E-state index in [1.807, 2.05) is 31.2 Å². The molecule has 1 unspecified atom stereocenters. The normalized spacial score (nSPS) is 12.2. The number of carboxylic acid groups (broad SMARTS) is 1. The molecule has 0 spiro atoms. The molecule has 33 heavy (non-hydrogen) atoms. The molecule has 0 aliphatic rings. The molecule has 0 saturated heterocycles. The van der Waals surface area contributed by atoms with Crippen LogP contribution in [0.15, 0.2) is 42.5 Å². The Labute approximate surface area is 200 Å². The first-order valence-corrected chi connectivity index (χ1v) is 11.2. The van der Waals surface area contributed by atoms with E-state index >= 15 is 0 Å². The van der Waals surface area contributed by atoms with E-state index in [2.05, 4.69) is 15.3 Å². The number of amides is 1. The van der Waals surface area contributed by atoms with Crippen molar-refractivity contribution in [1.82, 2.24) is 15.3 Å². The molecule has 0 radical (unpaired) electrons. The molecular weight excluding hydrogens is 463 g/mol. The number of aromatic amines is 1. The lowest BCUT2D eigenvalue weighted by Crippen LogP contribution is -3.10. The number of halogens is 2. The number of fused-ring (bicyclic) bond motifs is 3. The monoisotopic (exact) mass is 485 g/mol. The lowest BCUT2D eigenvalue weighted by atomic mass is 10.1. The summed E-state index contributed by atoms with van der Waals surface area (Å²) < 4.78 is 0. The molecule has 4 rings (SSSR count). The first kappa shape index (κ1) is 23.0. The van der Waals surface area contributed by atoms with Crippen LogP contribution in [0.4, 0.5) is 0 Å². The van der Waals surface area contributed by atoms with Crippen molar-refractivity contribution in [3.05, 3.63) is 63.8 Å². The maximum absolute atomic E-state index is 13.0. The van der Waals surface area contributed by atoms with Crippen molar-refractivity contribution < 1.29 is 19.6 Å². The molecule has 0 aliphatic carbocycles. The molecule has 2 aromatic carbocycles. The number of carboxylic acids is 1. The van der Waals surface area contributed by atoms with Crippen molar-refractivity contribution in [1.29, 1.82) is 0 Å². The molecule has 0 saturated carbocycles. The van der Waals surface area contributed by atoms with Crippen LogP contribution in [0, 0.1) is 6.92 Å². The van der Waals surface area contributed by atoms with Gasteiger partial charge in [0.2, 0.25) is 0 Å². The van der Waals surface area contributed by atoms with Crippen molar-refractivity contribution in [3.63, 3.8) is 0 Å². The Morgan fingerprint density at radius 3 is 2.61 bits per heavy atom. The number of aromatic nitrogens is 2. The predicted octanol–water partition coefficient (Wildman–Crippen LogP) is 3.33. The van der Waals surface area contributed by atoms with Crippen molar-refractivity contribution >= 4 is 56.9 Å². The SMILES string of the molecule is Cc1cccc2c1[nH]c1c(-c3ccc(Cl)c(Cl)c3)nc(C(=O)NCC[NH+](C)CC(=O)O)cc12. The van der Waals surface area contributed by atoms with Gasteiger partial charge in [0.1, 0.15) is 5.69 Å². The van der Waals surface area contributed by atoms with Crippen molar-refractivity contribution in [2.45, 2.75) is 6.92 Å². The van der Waals surface area contributed by atoms with Gasteiger partial charge in [-0.3, -0.25) is 4.79 Å². The van der Waals surface area contributed by atoms with Crippen LogP contribution in [0.5, 0.6) is 0 Å². The molecule has 4 N–H and O–H groups in total. The number of para-hydroxylation sites is 1. The van der Waals surface area contributed by atoms with Crippen LogP contribution >= 0.6 is 23.2 Å². The maximum atomic E-state index is 13.0. The summed E-state index contributed by atoms with van der Waals surface area (Å²) in [6.45, 7) is 2.81. The zero-order valence-electron chi connectivity index (χ0n) is 18.1. The number of nitrogens with zero attached hydrogens (tertiary/aromatic N) is 1. The first-order chi connectivity index (χ1) is 15.7. The van der Waals surface area contributed by atoms with Crippen LogP contribution in [-0.4, -0.2) is 53.6 Å². The number of H-pyrrole nitrogens is 1. The molecule has 2 heterocycles. The van der Waals surface area contributed by atoms with E-state index in [1.54, 1.807) is 25.2 Å². The number of aryl methyl sites for hydroxylation is 1. The van der Waals surface area contributed by atoms with Crippen LogP contribution in [0.1, 0.15) is 16.1 Å². The van der Waals surface area contributed by atoms with Gasteiger partial charge < -0.3 is 20.3 Å². The van der Waals surface area contributed by atoms with Crippen molar-refractivity contribution in [2.24, 2.45) is 0 Å². The molecule has 0 fully saturated rings. The second-order valence-electron chi connectivity index (χ2n) is 8.06. The van der Waals surface area contributed by atoms with Crippen LogP contribution in [0.2, 0.25) is 10.0 Å². The van der Waals surface area contributed by atoms with Gasteiger partial charge in [-0.15, -0.1) is 0 Å². The molecule has 1 atom stereocenters. The Balaban J connectivity index is 1.76. The maximum Gasteiger partial charge on any atom is 0.359 e. The quantitative estimate of drug-likeness (QED) is 0.322. The number of carbonyl (C=O) groups excluding carboxylic acids is 1. The zero-order valence-corrected chi connectivity index (χ0v) is 19.6. The van der Waals surface area contributed by atoms with Crippen molar-refractivity contribution in [3.8, 4) is 11.3 Å². The van der Waals surface area contributed by atoms with Gasteiger partial charge in [0.05, 0.1) is 41.4 Å². The fourth-order valence-corrected chi connectivity index (χ4v) is 4.16. The second kappa shape index (κ2) is 9.39. The largest absolute Gasteiger partial charge is 0.477 e. The number of likely N-dealkylation sites (N-methyl/N-ethyl adjacent to an activating group) is 1. The average molecular weight is 486 g/mol. The summed E-state index contributed by atoms with van der Waals surface area (Å²) in [4.78, 5) is 32.7. The molecular formula is C24H23Cl2N4O3+. The van der Waals surface area contributed by atoms with E-state index in [1.165, 1.54) is 0 Å². The standard InChI is InChI=1S/C24H22Cl2N4O3/c1-13-4-3-5-15-16-11-19(24(33)27-8-9-30(2)12-20(31)32)28-22(23(16)29-21(13)15)14-6-7-17(25)18(26)10-14/h3-7,10-11,29H,8-9,12H2,1-2H3,(H,27,33)(H,31,32)/p+1. The number of benzene rings is 2. The highest BCUT2D eigenvalue weighted by Gasteiger charge is 2.18. The van der Waals surface area contributed by atoms with Gasteiger partial charge in [0.25, 0.3) is 5.91 Å². The molecule has 1 amide bonds. The van der Waals surface area contributed by atoms with Gasteiger partial charge in [-0.2, -0.15) is 0 Å². The van der Waals surface area contributed by atoms with E-state index in [-0.39, 0.29) is 18.1 Å². The number of quaternary nitrogens is 1.